The van der Waals surface area contributed by atoms with Crippen LogP contribution < -0.4 is 11.1 Å². The van der Waals surface area contributed by atoms with Crippen molar-refractivity contribution >= 4 is 11.6 Å². The molecule has 0 bridgehead atoms. The predicted octanol–water partition coefficient (Wildman–Crippen LogP) is 2.06. The third-order valence-corrected chi connectivity index (χ3v) is 3.79. The molecule has 1 fully saturated rings. The third-order valence-electron chi connectivity index (χ3n) is 3.79. The molecule has 1 aliphatic rings. The lowest BCUT2D eigenvalue weighted by Gasteiger charge is -2.16. The van der Waals surface area contributed by atoms with Gasteiger partial charge in [0, 0.05) is 18.0 Å². The fourth-order valence-corrected chi connectivity index (χ4v) is 2.46. The normalized spacial score (nSPS) is 23.0. The molecule has 0 saturated heterocycles. The largest absolute Gasteiger partial charge is 0.393 e. The molecule has 4 N–H and O–H groups in total. The van der Waals surface area contributed by atoms with Crippen LogP contribution in [-0.4, -0.2) is 27.7 Å². The van der Waals surface area contributed by atoms with Crippen molar-refractivity contribution in [3.8, 4) is 0 Å². The lowest BCUT2D eigenvalue weighted by molar-refractivity contribution is 0.178. The molecule has 2 rings (SSSR count). The van der Waals surface area contributed by atoms with Crippen LogP contribution >= 0.6 is 0 Å². The van der Waals surface area contributed by atoms with Gasteiger partial charge in [-0.05, 0) is 32.1 Å². The Morgan fingerprint density at radius 2 is 2.11 bits per heavy atom. The van der Waals surface area contributed by atoms with Crippen LogP contribution in [0.4, 0.5) is 11.6 Å². The summed E-state index contributed by atoms with van der Waals surface area (Å²) < 4.78 is 0. The Labute approximate surface area is 114 Å². The van der Waals surface area contributed by atoms with Gasteiger partial charge < -0.3 is 16.2 Å². The molecule has 106 valence electrons. The summed E-state index contributed by atoms with van der Waals surface area (Å²) in [5, 5.41) is 12.9. The van der Waals surface area contributed by atoms with E-state index in [1.54, 1.807) is 0 Å². The van der Waals surface area contributed by atoms with Gasteiger partial charge in [-0.3, -0.25) is 0 Å². The molecule has 5 nitrogen and oxygen atoms in total. The Bertz CT molecular complexity index is 447. The maximum absolute atomic E-state index is 9.54. The first kappa shape index (κ1) is 14.1. The number of nitrogens with two attached hydrogens (primary N) is 1. The van der Waals surface area contributed by atoms with E-state index in [4.69, 9.17) is 5.73 Å². The maximum atomic E-state index is 9.54. The first-order valence-electron chi connectivity index (χ1n) is 7.03. The molecule has 5 heteroatoms. The van der Waals surface area contributed by atoms with E-state index in [-0.39, 0.29) is 12.0 Å². The van der Waals surface area contributed by atoms with E-state index in [0.717, 1.165) is 43.0 Å². The summed E-state index contributed by atoms with van der Waals surface area (Å²) in [7, 11) is 0. The standard InChI is InChI=1S/C14H24N4O/c1-8(2)13-17-12(15)9(3)14(18-13)16-7-10-4-5-11(19)6-10/h8,10-11,19H,4-7H2,1-3H3,(H3,15,16,17,18). The van der Waals surface area contributed by atoms with Crippen LogP contribution in [-0.2, 0) is 0 Å². The number of aromatic nitrogens is 2. The van der Waals surface area contributed by atoms with Crippen molar-refractivity contribution in [2.75, 3.05) is 17.6 Å². The van der Waals surface area contributed by atoms with E-state index in [1.165, 1.54) is 0 Å². The number of hydrogen-bond acceptors (Lipinski definition) is 5. The second-order valence-corrected chi connectivity index (χ2v) is 5.81. The molecule has 19 heavy (non-hydrogen) atoms. The molecule has 0 amide bonds. The van der Waals surface area contributed by atoms with E-state index in [1.807, 2.05) is 6.92 Å². The lowest BCUT2D eigenvalue weighted by atomic mass is 10.1. The summed E-state index contributed by atoms with van der Waals surface area (Å²) in [5.74, 6) is 2.94. The van der Waals surface area contributed by atoms with Crippen molar-refractivity contribution < 1.29 is 5.11 Å². The number of hydrogen-bond donors (Lipinski definition) is 3. The highest BCUT2D eigenvalue weighted by Gasteiger charge is 2.23. The molecule has 0 radical (unpaired) electrons. The van der Waals surface area contributed by atoms with Gasteiger partial charge in [-0.25, -0.2) is 9.97 Å². The van der Waals surface area contributed by atoms with Crippen LogP contribution in [0.5, 0.6) is 0 Å². The van der Waals surface area contributed by atoms with E-state index < -0.39 is 0 Å². The Morgan fingerprint density at radius 3 is 2.68 bits per heavy atom. The minimum Gasteiger partial charge on any atom is -0.393 e. The van der Waals surface area contributed by atoms with Gasteiger partial charge >= 0.3 is 0 Å². The van der Waals surface area contributed by atoms with Crippen LogP contribution in [0.1, 0.15) is 50.4 Å². The SMILES string of the molecule is Cc1c(N)nc(C(C)C)nc1NCC1CCC(O)C1. The minimum atomic E-state index is -0.130. The fourth-order valence-electron chi connectivity index (χ4n) is 2.46. The number of aliphatic hydroxyl groups excluding tert-OH is 1. The van der Waals surface area contributed by atoms with Crippen molar-refractivity contribution in [3.63, 3.8) is 0 Å². The van der Waals surface area contributed by atoms with E-state index >= 15 is 0 Å². The number of nitrogens with zero attached hydrogens (tertiary/aromatic N) is 2. The Balaban J connectivity index is 2.06. The molecular formula is C14H24N4O. The van der Waals surface area contributed by atoms with E-state index in [9.17, 15) is 5.11 Å². The van der Waals surface area contributed by atoms with Crippen LogP contribution in [0.15, 0.2) is 0 Å². The lowest BCUT2D eigenvalue weighted by Crippen LogP contribution is -2.16. The molecule has 1 aliphatic carbocycles. The minimum absolute atomic E-state index is 0.130. The van der Waals surface area contributed by atoms with Crippen LogP contribution in [0, 0.1) is 12.8 Å². The van der Waals surface area contributed by atoms with Crippen molar-refractivity contribution in [1.82, 2.24) is 9.97 Å². The van der Waals surface area contributed by atoms with Gasteiger partial charge in [-0.15, -0.1) is 0 Å². The molecule has 0 aromatic carbocycles. The van der Waals surface area contributed by atoms with Crippen molar-refractivity contribution in [1.29, 1.82) is 0 Å². The smallest absolute Gasteiger partial charge is 0.135 e. The number of nitrogen functional groups attached to an aromatic ring is 1. The summed E-state index contributed by atoms with van der Waals surface area (Å²) in [6.45, 7) is 6.89. The highest BCUT2D eigenvalue weighted by Crippen LogP contribution is 2.27. The molecule has 1 saturated carbocycles. The zero-order valence-corrected chi connectivity index (χ0v) is 12.0. The van der Waals surface area contributed by atoms with Crippen LogP contribution in [0.3, 0.4) is 0 Å². The maximum Gasteiger partial charge on any atom is 0.135 e. The predicted molar refractivity (Wildman–Crippen MR) is 77.1 cm³/mol. The van der Waals surface area contributed by atoms with Gasteiger partial charge in [0.2, 0.25) is 0 Å². The van der Waals surface area contributed by atoms with Gasteiger partial charge in [0.05, 0.1) is 6.10 Å². The number of nitrogens with one attached hydrogen (secondary N) is 1. The monoisotopic (exact) mass is 264 g/mol. The average molecular weight is 264 g/mol. The van der Waals surface area contributed by atoms with Gasteiger partial charge in [0.1, 0.15) is 17.5 Å². The summed E-state index contributed by atoms with van der Waals surface area (Å²) in [4.78, 5) is 8.86. The first-order valence-corrected chi connectivity index (χ1v) is 7.03. The zero-order chi connectivity index (χ0) is 14.0. The summed E-state index contributed by atoms with van der Waals surface area (Å²) in [6.07, 6.45) is 2.73. The molecule has 1 aromatic heterocycles. The molecule has 2 atom stereocenters. The van der Waals surface area contributed by atoms with Crippen molar-refractivity contribution in [3.05, 3.63) is 11.4 Å². The topological polar surface area (TPSA) is 84.1 Å². The first-order chi connectivity index (χ1) is 8.97. The Kier molecular flexibility index (Phi) is 4.24. The number of aliphatic hydroxyl groups is 1. The molecule has 1 heterocycles. The molecule has 0 spiro atoms. The van der Waals surface area contributed by atoms with Gasteiger partial charge in [-0.2, -0.15) is 0 Å². The summed E-state index contributed by atoms with van der Waals surface area (Å²) >= 11 is 0. The number of anilines is 2. The second-order valence-electron chi connectivity index (χ2n) is 5.81. The quantitative estimate of drug-likeness (QED) is 0.775. The highest BCUT2D eigenvalue weighted by molar-refractivity contribution is 5.55. The number of rotatable bonds is 4. The van der Waals surface area contributed by atoms with Gasteiger partial charge in [0.15, 0.2) is 0 Å². The van der Waals surface area contributed by atoms with Gasteiger partial charge in [0.25, 0.3) is 0 Å². The van der Waals surface area contributed by atoms with Crippen molar-refractivity contribution in [2.45, 2.75) is 52.1 Å². The van der Waals surface area contributed by atoms with Crippen LogP contribution in [0.2, 0.25) is 0 Å². The van der Waals surface area contributed by atoms with E-state index in [2.05, 4.69) is 29.1 Å². The van der Waals surface area contributed by atoms with E-state index in [0.29, 0.717) is 11.7 Å². The van der Waals surface area contributed by atoms with Crippen molar-refractivity contribution in [2.24, 2.45) is 5.92 Å². The molecule has 1 aromatic rings. The Hall–Kier alpha value is -1.36. The molecule has 2 unspecified atom stereocenters. The summed E-state index contributed by atoms with van der Waals surface area (Å²) in [5.41, 5.74) is 6.84. The Morgan fingerprint density at radius 1 is 1.37 bits per heavy atom. The summed E-state index contributed by atoms with van der Waals surface area (Å²) in [6, 6.07) is 0. The molecule has 0 aliphatic heterocycles. The second kappa shape index (κ2) is 5.74. The fraction of sp³-hybridized carbons (Fsp3) is 0.714. The average Bonchev–Trinajstić information content (AvgIpc) is 2.76. The third kappa shape index (κ3) is 3.35. The van der Waals surface area contributed by atoms with Gasteiger partial charge in [-0.1, -0.05) is 13.8 Å². The van der Waals surface area contributed by atoms with Crippen LogP contribution in [0.25, 0.3) is 0 Å². The molecular weight excluding hydrogens is 240 g/mol. The zero-order valence-electron chi connectivity index (χ0n) is 12.0. The highest BCUT2D eigenvalue weighted by atomic mass is 16.3.